The van der Waals surface area contributed by atoms with Crippen molar-refractivity contribution in [2.24, 2.45) is 0 Å². The average Bonchev–Trinajstić information content (AvgIpc) is 3.04. The van der Waals surface area contributed by atoms with Crippen LogP contribution >= 0.6 is 23.2 Å². The first-order chi connectivity index (χ1) is 14.8. The second kappa shape index (κ2) is 9.02. The largest absolute Gasteiger partial charge is 0.419 e. The molecule has 3 heterocycles. The van der Waals surface area contributed by atoms with E-state index < -0.39 is 11.7 Å². The predicted octanol–water partition coefficient (Wildman–Crippen LogP) is 5.17. The lowest BCUT2D eigenvalue weighted by molar-refractivity contribution is -0.137. The maximum absolute atomic E-state index is 12.7. The molecule has 0 bridgehead atoms. The van der Waals surface area contributed by atoms with E-state index in [-0.39, 0.29) is 0 Å². The third-order valence-corrected chi connectivity index (χ3v) is 5.52. The number of benzene rings is 1. The number of pyridine rings is 1. The van der Waals surface area contributed by atoms with Crippen LogP contribution in [0.15, 0.2) is 40.9 Å². The van der Waals surface area contributed by atoms with Gasteiger partial charge in [-0.05, 0) is 36.8 Å². The summed E-state index contributed by atoms with van der Waals surface area (Å²) in [5, 5.41) is 9.13. The molecule has 1 aromatic carbocycles. The molecule has 0 amide bonds. The highest BCUT2D eigenvalue weighted by Crippen LogP contribution is 2.30. The number of nitrogens with zero attached hydrogens (tertiary/aromatic N) is 5. The number of anilines is 1. The molecule has 3 aromatic rings. The van der Waals surface area contributed by atoms with E-state index in [4.69, 9.17) is 27.6 Å². The summed E-state index contributed by atoms with van der Waals surface area (Å²) in [6.07, 6.45) is -2.69. The zero-order valence-electron chi connectivity index (χ0n) is 16.2. The van der Waals surface area contributed by atoms with Crippen molar-refractivity contribution in [3.63, 3.8) is 0 Å². The van der Waals surface area contributed by atoms with E-state index in [2.05, 4.69) is 20.1 Å². The van der Waals surface area contributed by atoms with Crippen molar-refractivity contribution in [1.29, 1.82) is 0 Å². The minimum atomic E-state index is -4.39. The van der Waals surface area contributed by atoms with Gasteiger partial charge in [-0.15, -0.1) is 10.2 Å². The lowest BCUT2D eigenvalue weighted by atomic mass is 10.2. The Morgan fingerprint density at radius 2 is 1.84 bits per heavy atom. The smallest absolute Gasteiger partial charge is 0.417 e. The standard InChI is InChI=1S/C20H18Cl2F3N5O/c21-14-3-4-15(16(22)10-14)19-28-27-18(31-19)12-29-6-1-7-30(9-8-29)17-5-2-13(11-26-17)20(23,24)25/h2-5,10-11H,1,6-9,12H2. The van der Waals surface area contributed by atoms with Crippen molar-refractivity contribution >= 4 is 29.0 Å². The molecule has 1 aliphatic heterocycles. The van der Waals surface area contributed by atoms with Gasteiger partial charge in [0, 0.05) is 37.4 Å². The summed E-state index contributed by atoms with van der Waals surface area (Å²) in [5.74, 6) is 1.32. The van der Waals surface area contributed by atoms with Crippen LogP contribution in [0, 0.1) is 0 Å². The highest BCUT2D eigenvalue weighted by atomic mass is 35.5. The van der Waals surface area contributed by atoms with Crippen LogP contribution in [0.5, 0.6) is 0 Å². The fourth-order valence-corrected chi connectivity index (χ4v) is 3.87. The molecule has 31 heavy (non-hydrogen) atoms. The third-order valence-electron chi connectivity index (χ3n) is 4.97. The Bertz CT molecular complexity index is 1040. The van der Waals surface area contributed by atoms with E-state index in [9.17, 15) is 13.2 Å². The SMILES string of the molecule is FC(F)(F)c1ccc(N2CCCN(Cc3nnc(-c4ccc(Cl)cc4Cl)o3)CC2)nc1. The molecular formula is C20H18Cl2F3N5O. The van der Waals surface area contributed by atoms with Crippen LogP contribution in [0.2, 0.25) is 10.0 Å². The van der Waals surface area contributed by atoms with E-state index in [1.54, 1.807) is 18.2 Å². The van der Waals surface area contributed by atoms with Crippen LogP contribution in [0.3, 0.4) is 0 Å². The van der Waals surface area contributed by atoms with Crippen LogP contribution in [0.1, 0.15) is 17.9 Å². The highest BCUT2D eigenvalue weighted by Gasteiger charge is 2.31. The molecule has 1 aliphatic rings. The number of aromatic nitrogens is 3. The quantitative estimate of drug-likeness (QED) is 0.523. The summed E-state index contributed by atoms with van der Waals surface area (Å²) in [7, 11) is 0. The molecule has 0 radical (unpaired) electrons. The predicted molar refractivity (Wildman–Crippen MR) is 111 cm³/mol. The molecule has 0 aliphatic carbocycles. The Labute approximate surface area is 186 Å². The molecule has 0 atom stereocenters. The van der Waals surface area contributed by atoms with Gasteiger partial charge >= 0.3 is 6.18 Å². The first-order valence-corrected chi connectivity index (χ1v) is 10.3. The Hall–Kier alpha value is -2.36. The van der Waals surface area contributed by atoms with E-state index >= 15 is 0 Å². The first-order valence-electron chi connectivity index (χ1n) is 9.58. The van der Waals surface area contributed by atoms with Gasteiger partial charge in [0.15, 0.2) is 0 Å². The van der Waals surface area contributed by atoms with Crippen LogP contribution < -0.4 is 4.90 Å². The summed E-state index contributed by atoms with van der Waals surface area (Å²) in [4.78, 5) is 8.13. The molecule has 0 unspecified atom stereocenters. The minimum absolute atomic E-state index is 0.321. The van der Waals surface area contributed by atoms with Crippen molar-refractivity contribution in [3.8, 4) is 11.5 Å². The van der Waals surface area contributed by atoms with Gasteiger partial charge < -0.3 is 9.32 Å². The average molecular weight is 472 g/mol. The van der Waals surface area contributed by atoms with Crippen LogP contribution in [0.4, 0.5) is 19.0 Å². The molecule has 11 heteroatoms. The molecular weight excluding hydrogens is 454 g/mol. The summed E-state index contributed by atoms with van der Waals surface area (Å²) in [6, 6.07) is 7.51. The van der Waals surface area contributed by atoms with Gasteiger partial charge in [0.2, 0.25) is 11.8 Å². The number of alkyl halides is 3. The molecule has 0 N–H and O–H groups in total. The number of hydrogen-bond acceptors (Lipinski definition) is 6. The fraction of sp³-hybridized carbons (Fsp3) is 0.350. The van der Waals surface area contributed by atoms with Crippen molar-refractivity contribution < 1.29 is 17.6 Å². The van der Waals surface area contributed by atoms with Gasteiger partial charge in [-0.2, -0.15) is 13.2 Å². The van der Waals surface area contributed by atoms with Crippen molar-refractivity contribution in [2.75, 3.05) is 31.1 Å². The monoisotopic (exact) mass is 471 g/mol. The number of halogens is 5. The van der Waals surface area contributed by atoms with Crippen LogP contribution in [-0.2, 0) is 12.7 Å². The zero-order valence-corrected chi connectivity index (χ0v) is 17.8. The minimum Gasteiger partial charge on any atom is -0.419 e. The number of hydrogen-bond donors (Lipinski definition) is 0. The fourth-order valence-electron chi connectivity index (χ4n) is 3.38. The molecule has 1 fully saturated rings. The Kier molecular flexibility index (Phi) is 6.36. The van der Waals surface area contributed by atoms with Gasteiger partial charge in [0.05, 0.1) is 22.7 Å². The van der Waals surface area contributed by atoms with Gasteiger partial charge in [-0.1, -0.05) is 23.2 Å². The van der Waals surface area contributed by atoms with Crippen LogP contribution in [0.25, 0.3) is 11.5 Å². The highest BCUT2D eigenvalue weighted by molar-refractivity contribution is 6.36. The lowest BCUT2D eigenvalue weighted by Gasteiger charge is -2.22. The number of rotatable bonds is 4. The molecule has 0 saturated carbocycles. The van der Waals surface area contributed by atoms with E-state index in [1.165, 1.54) is 6.07 Å². The summed E-state index contributed by atoms with van der Waals surface area (Å²) in [6.45, 7) is 3.26. The van der Waals surface area contributed by atoms with E-state index in [1.807, 2.05) is 4.90 Å². The van der Waals surface area contributed by atoms with Gasteiger partial charge in [0.25, 0.3) is 0 Å². The first kappa shape index (κ1) is 21.9. The summed E-state index contributed by atoms with van der Waals surface area (Å²) < 4.78 is 44.0. The van der Waals surface area contributed by atoms with Crippen molar-refractivity contribution in [2.45, 2.75) is 19.1 Å². The molecule has 4 rings (SSSR count). The molecule has 0 spiro atoms. The van der Waals surface area contributed by atoms with Crippen LogP contribution in [-0.4, -0.2) is 46.3 Å². The molecule has 164 valence electrons. The van der Waals surface area contributed by atoms with Gasteiger partial charge in [-0.3, -0.25) is 4.90 Å². The molecule has 6 nitrogen and oxygen atoms in total. The Balaban J connectivity index is 1.38. The lowest BCUT2D eigenvalue weighted by Crippen LogP contribution is -2.31. The van der Waals surface area contributed by atoms with Crippen molar-refractivity contribution in [1.82, 2.24) is 20.1 Å². The topological polar surface area (TPSA) is 58.3 Å². The maximum atomic E-state index is 12.7. The zero-order chi connectivity index (χ0) is 22.0. The maximum Gasteiger partial charge on any atom is 0.417 e. The van der Waals surface area contributed by atoms with E-state index in [0.29, 0.717) is 59.4 Å². The Morgan fingerprint density at radius 1 is 1.00 bits per heavy atom. The Morgan fingerprint density at radius 3 is 2.55 bits per heavy atom. The van der Waals surface area contributed by atoms with Crippen molar-refractivity contribution in [3.05, 3.63) is 58.0 Å². The molecule has 2 aromatic heterocycles. The molecule has 1 saturated heterocycles. The second-order valence-electron chi connectivity index (χ2n) is 7.14. The second-order valence-corrected chi connectivity index (χ2v) is 7.99. The van der Waals surface area contributed by atoms with Gasteiger partial charge in [0.1, 0.15) is 5.82 Å². The summed E-state index contributed by atoms with van der Waals surface area (Å²) >= 11 is 12.1. The normalized spacial score (nSPS) is 15.8. The summed E-state index contributed by atoms with van der Waals surface area (Å²) in [5.41, 5.74) is -0.138. The third kappa shape index (κ3) is 5.28. The van der Waals surface area contributed by atoms with E-state index in [0.717, 1.165) is 25.2 Å². The van der Waals surface area contributed by atoms with Gasteiger partial charge in [-0.25, -0.2) is 4.98 Å².